The van der Waals surface area contributed by atoms with Gasteiger partial charge >= 0.3 is 0 Å². The fourth-order valence-corrected chi connectivity index (χ4v) is 3.10. The maximum absolute atomic E-state index is 12.1. The van der Waals surface area contributed by atoms with Gasteiger partial charge in [0.2, 0.25) is 5.91 Å². The van der Waals surface area contributed by atoms with E-state index in [0.29, 0.717) is 51.8 Å². The van der Waals surface area contributed by atoms with E-state index in [1.54, 1.807) is 4.90 Å². The molecule has 3 unspecified atom stereocenters. The molecular formula is C16H30N2O7. The van der Waals surface area contributed by atoms with Crippen LogP contribution < -0.4 is 5.73 Å². The van der Waals surface area contributed by atoms with E-state index in [2.05, 4.69) is 0 Å². The molecule has 9 heteroatoms. The molecule has 0 aliphatic carbocycles. The Balaban J connectivity index is 1.63. The van der Waals surface area contributed by atoms with Crippen molar-refractivity contribution >= 4 is 5.91 Å². The number of carbonyl (C=O) groups excluding carboxylic acids is 1. The molecule has 9 nitrogen and oxygen atoms in total. The van der Waals surface area contributed by atoms with Crippen LogP contribution in [0.15, 0.2) is 0 Å². The van der Waals surface area contributed by atoms with Gasteiger partial charge in [0.25, 0.3) is 0 Å². The number of aliphatic hydroxyl groups is 4. The second-order valence-electron chi connectivity index (χ2n) is 6.72. The normalized spacial score (nSPS) is 34.3. The summed E-state index contributed by atoms with van der Waals surface area (Å²) < 4.78 is 10.9. The Morgan fingerprint density at radius 2 is 1.84 bits per heavy atom. The molecule has 146 valence electrons. The van der Waals surface area contributed by atoms with Gasteiger partial charge in [-0.05, 0) is 25.7 Å². The lowest BCUT2D eigenvalue weighted by Gasteiger charge is -2.40. The molecular weight excluding hydrogens is 332 g/mol. The maximum Gasteiger partial charge on any atom is 0.222 e. The van der Waals surface area contributed by atoms with E-state index in [4.69, 9.17) is 20.3 Å². The summed E-state index contributed by atoms with van der Waals surface area (Å²) in [5.41, 5.74) is 5.78. The van der Waals surface area contributed by atoms with Gasteiger partial charge < -0.3 is 40.5 Å². The smallest absolute Gasteiger partial charge is 0.222 e. The Labute approximate surface area is 147 Å². The van der Waals surface area contributed by atoms with Crippen molar-refractivity contribution in [2.24, 2.45) is 5.73 Å². The van der Waals surface area contributed by atoms with E-state index in [1.165, 1.54) is 0 Å². The van der Waals surface area contributed by atoms with Gasteiger partial charge in [-0.15, -0.1) is 0 Å². The molecule has 0 radical (unpaired) electrons. The van der Waals surface area contributed by atoms with Gasteiger partial charge in [-0.25, -0.2) is 0 Å². The summed E-state index contributed by atoms with van der Waals surface area (Å²) >= 11 is 0. The van der Waals surface area contributed by atoms with Crippen molar-refractivity contribution in [3.63, 3.8) is 0 Å². The lowest BCUT2D eigenvalue weighted by Crippen LogP contribution is -2.62. The molecule has 1 amide bonds. The number of piperidine rings is 1. The predicted octanol–water partition coefficient (Wildman–Crippen LogP) is -2.08. The van der Waals surface area contributed by atoms with E-state index in [-0.39, 0.29) is 12.0 Å². The van der Waals surface area contributed by atoms with Crippen LogP contribution in [0, 0.1) is 0 Å². The van der Waals surface area contributed by atoms with Gasteiger partial charge in [0.15, 0.2) is 6.29 Å². The zero-order valence-electron chi connectivity index (χ0n) is 14.4. The van der Waals surface area contributed by atoms with Gasteiger partial charge in [-0.1, -0.05) is 0 Å². The second kappa shape index (κ2) is 9.77. The molecule has 2 fully saturated rings. The molecule has 25 heavy (non-hydrogen) atoms. The number of amides is 1. The van der Waals surface area contributed by atoms with E-state index in [9.17, 15) is 20.1 Å². The number of hydrogen-bond donors (Lipinski definition) is 5. The molecule has 2 rings (SSSR count). The fourth-order valence-electron chi connectivity index (χ4n) is 3.10. The minimum Gasteiger partial charge on any atom is -0.394 e. The summed E-state index contributed by atoms with van der Waals surface area (Å²) in [6, 6.07) is -0.904. The number of nitrogens with two attached hydrogens (primary N) is 1. The summed E-state index contributed by atoms with van der Waals surface area (Å²) in [6.45, 7) is 1.06. The highest BCUT2D eigenvalue weighted by Crippen LogP contribution is 2.21. The van der Waals surface area contributed by atoms with Crippen molar-refractivity contribution in [1.82, 2.24) is 4.90 Å². The van der Waals surface area contributed by atoms with Crippen LogP contribution >= 0.6 is 0 Å². The SMILES string of the molecule is NC1C(O)[C@@H](O)C(CO)O[C@H]1OCCCCC(=O)N1CCC(O)CC1. The third-order valence-corrected chi connectivity index (χ3v) is 4.81. The maximum atomic E-state index is 12.1. The number of nitrogens with zero attached hydrogens (tertiary/aromatic N) is 1. The predicted molar refractivity (Wildman–Crippen MR) is 87.4 cm³/mol. The molecule has 6 N–H and O–H groups in total. The Hall–Kier alpha value is -0.810. The van der Waals surface area contributed by atoms with Crippen LogP contribution in [0.1, 0.15) is 32.1 Å². The van der Waals surface area contributed by atoms with E-state index in [1.807, 2.05) is 0 Å². The molecule has 0 aromatic rings. The van der Waals surface area contributed by atoms with Crippen molar-refractivity contribution in [3.05, 3.63) is 0 Å². The summed E-state index contributed by atoms with van der Waals surface area (Å²) in [5.74, 6) is 0.0800. The van der Waals surface area contributed by atoms with Crippen LogP contribution in [0.5, 0.6) is 0 Å². The number of likely N-dealkylation sites (tertiary alicyclic amines) is 1. The van der Waals surface area contributed by atoms with E-state index in [0.717, 1.165) is 0 Å². The minimum absolute atomic E-state index is 0.0800. The van der Waals surface area contributed by atoms with Crippen molar-refractivity contribution in [2.45, 2.75) is 68.9 Å². The quantitative estimate of drug-likeness (QED) is 0.325. The number of rotatable bonds is 7. The monoisotopic (exact) mass is 362 g/mol. The highest BCUT2D eigenvalue weighted by Gasteiger charge is 2.42. The number of aliphatic hydroxyl groups excluding tert-OH is 4. The van der Waals surface area contributed by atoms with Gasteiger partial charge in [0.05, 0.1) is 18.8 Å². The molecule has 0 aromatic carbocycles. The molecule has 5 atom stereocenters. The third kappa shape index (κ3) is 5.58. The highest BCUT2D eigenvalue weighted by atomic mass is 16.7. The third-order valence-electron chi connectivity index (χ3n) is 4.81. The van der Waals surface area contributed by atoms with Gasteiger partial charge in [-0.2, -0.15) is 0 Å². The van der Waals surface area contributed by atoms with Crippen LogP contribution in [0.2, 0.25) is 0 Å². The zero-order valence-corrected chi connectivity index (χ0v) is 14.4. The lowest BCUT2D eigenvalue weighted by atomic mass is 9.98. The van der Waals surface area contributed by atoms with Crippen LogP contribution in [0.4, 0.5) is 0 Å². The average molecular weight is 362 g/mol. The number of unbranched alkanes of at least 4 members (excludes halogenated alkanes) is 1. The largest absolute Gasteiger partial charge is 0.394 e. The Morgan fingerprint density at radius 1 is 1.16 bits per heavy atom. The van der Waals surface area contributed by atoms with Crippen LogP contribution in [-0.2, 0) is 14.3 Å². The van der Waals surface area contributed by atoms with Crippen molar-refractivity contribution in [1.29, 1.82) is 0 Å². The first-order valence-corrected chi connectivity index (χ1v) is 8.89. The van der Waals surface area contributed by atoms with Gasteiger partial charge in [0, 0.05) is 26.1 Å². The minimum atomic E-state index is -1.25. The van der Waals surface area contributed by atoms with Crippen molar-refractivity contribution < 1.29 is 34.7 Å². The standard InChI is InChI=1S/C16H30N2O7/c17-13-15(23)14(22)11(9-19)25-16(13)24-8-2-1-3-12(21)18-6-4-10(20)5-7-18/h10-11,13-16,19-20,22-23H,1-9,17H2/t11?,13?,14-,15?,16+/m0/s1. The van der Waals surface area contributed by atoms with Gasteiger partial charge in [-0.3, -0.25) is 4.79 Å². The zero-order chi connectivity index (χ0) is 18.4. The number of hydrogen-bond acceptors (Lipinski definition) is 8. The van der Waals surface area contributed by atoms with E-state index < -0.39 is 37.3 Å². The van der Waals surface area contributed by atoms with Crippen LogP contribution in [-0.4, -0.2) is 94.3 Å². The Bertz CT molecular complexity index is 415. The summed E-state index contributed by atoms with van der Waals surface area (Å²) in [5, 5.41) is 38.1. The second-order valence-corrected chi connectivity index (χ2v) is 6.72. The first kappa shape index (κ1) is 20.5. The van der Waals surface area contributed by atoms with Crippen LogP contribution in [0.25, 0.3) is 0 Å². The van der Waals surface area contributed by atoms with Gasteiger partial charge in [0.1, 0.15) is 18.3 Å². The van der Waals surface area contributed by atoms with Crippen molar-refractivity contribution in [2.75, 3.05) is 26.3 Å². The van der Waals surface area contributed by atoms with Crippen molar-refractivity contribution in [3.8, 4) is 0 Å². The molecule has 0 bridgehead atoms. The average Bonchev–Trinajstić information content (AvgIpc) is 2.61. The molecule has 2 aliphatic heterocycles. The summed E-state index contributed by atoms with van der Waals surface area (Å²) in [4.78, 5) is 13.8. The summed E-state index contributed by atoms with van der Waals surface area (Å²) in [7, 11) is 0. The molecule has 0 saturated carbocycles. The van der Waals surface area contributed by atoms with E-state index >= 15 is 0 Å². The highest BCUT2D eigenvalue weighted by molar-refractivity contribution is 5.76. The molecule has 2 saturated heterocycles. The lowest BCUT2D eigenvalue weighted by molar-refractivity contribution is -0.265. The molecule has 0 spiro atoms. The number of carbonyl (C=O) groups is 1. The summed E-state index contributed by atoms with van der Waals surface area (Å²) in [6.07, 6.45) is -1.67. The number of ether oxygens (including phenoxy) is 2. The Kier molecular flexibility index (Phi) is 8.01. The topological polar surface area (TPSA) is 146 Å². The first-order valence-electron chi connectivity index (χ1n) is 8.89. The molecule has 2 aliphatic rings. The first-order chi connectivity index (χ1) is 11.9. The molecule has 0 aromatic heterocycles. The Morgan fingerprint density at radius 3 is 2.48 bits per heavy atom. The fraction of sp³-hybridized carbons (Fsp3) is 0.938. The van der Waals surface area contributed by atoms with Crippen LogP contribution in [0.3, 0.4) is 0 Å². The molecule has 2 heterocycles.